The molecule has 1 heterocycles. The Morgan fingerprint density at radius 2 is 2.28 bits per heavy atom. The van der Waals surface area contributed by atoms with Gasteiger partial charge in [0.05, 0.1) is 5.84 Å². The molecule has 1 aromatic heterocycles. The summed E-state index contributed by atoms with van der Waals surface area (Å²) in [5, 5.41) is 7.25. The van der Waals surface area contributed by atoms with Crippen LogP contribution in [-0.2, 0) is 0 Å². The van der Waals surface area contributed by atoms with Crippen molar-refractivity contribution in [2.24, 2.45) is 11.7 Å². The van der Waals surface area contributed by atoms with Crippen molar-refractivity contribution < 1.29 is 4.39 Å². The third-order valence-corrected chi connectivity index (χ3v) is 2.76. The number of anilines is 1. The second-order valence-electron chi connectivity index (χ2n) is 4.57. The lowest BCUT2D eigenvalue weighted by Gasteiger charge is -2.25. The lowest BCUT2D eigenvalue weighted by atomic mass is 10.2. The van der Waals surface area contributed by atoms with Gasteiger partial charge in [0.15, 0.2) is 11.6 Å². The maximum Gasteiger partial charge on any atom is 0.166 e. The molecule has 0 saturated carbocycles. The van der Waals surface area contributed by atoms with Crippen LogP contribution in [0.2, 0.25) is 0 Å². The average molecular weight is 317 g/mol. The van der Waals surface area contributed by atoms with E-state index in [0.29, 0.717) is 35.7 Å². The molecule has 0 aliphatic carbocycles. The Kier molecular flexibility index (Phi) is 5.53. The second kappa shape index (κ2) is 6.68. The summed E-state index contributed by atoms with van der Waals surface area (Å²) in [5.74, 6) is 0.421. The predicted molar refractivity (Wildman–Crippen MR) is 75.5 cm³/mol. The molecular weight excluding hydrogens is 299 g/mol. The zero-order valence-corrected chi connectivity index (χ0v) is 12.2. The highest BCUT2D eigenvalue weighted by atomic mass is 79.9. The van der Waals surface area contributed by atoms with Gasteiger partial charge < -0.3 is 10.6 Å². The van der Waals surface area contributed by atoms with Gasteiger partial charge in [-0.1, -0.05) is 13.8 Å². The molecule has 18 heavy (non-hydrogen) atoms. The van der Waals surface area contributed by atoms with Crippen molar-refractivity contribution in [3.63, 3.8) is 0 Å². The van der Waals surface area contributed by atoms with Crippen molar-refractivity contribution in [3.05, 3.63) is 22.6 Å². The summed E-state index contributed by atoms with van der Waals surface area (Å²) < 4.78 is 14.5. The number of aromatic nitrogens is 1. The highest BCUT2D eigenvalue weighted by Gasteiger charge is 2.15. The van der Waals surface area contributed by atoms with Crippen LogP contribution in [0.25, 0.3) is 0 Å². The van der Waals surface area contributed by atoms with E-state index in [1.807, 2.05) is 4.90 Å². The third-order valence-electron chi connectivity index (χ3n) is 2.32. The molecular formula is C12H18BrFN4. The van der Waals surface area contributed by atoms with Crippen LogP contribution in [0.1, 0.15) is 20.3 Å². The zero-order valence-electron chi connectivity index (χ0n) is 10.6. The van der Waals surface area contributed by atoms with Gasteiger partial charge in [-0.3, -0.25) is 5.41 Å². The highest BCUT2D eigenvalue weighted by molar-refractivity contribution is 9.10. The smallest absolute Gasteiger partial charge is 0.166 e. The lowest BCUT2D eigenvalue weighted by Crippen LogP contribution is -2.32. The Balaban J connectivity index is 2.89. The second-order valence-corrected chi connectivity index (χ2v) is 5.49. The molecule has 0 bridgehead atoms. The van der Waals surface area contributed by atoms with Crippen LogP contribution >= 0.6 is 15.9 Å². The number of rotatable bonds is 6. The summed E-state index contributed by atoms with van der Waals surface area (Å²) in [6.45, 7) is 5.28. The summed E-state index contributed by atoms with van der Waals surface area (Å²) in [5.41, 5.74) is 5.35. The van der Waals surface area contributed by atoms with Crippen LogP contribution in [0.4, 0.5) is 10.2 Å². The van der Waals surface area contributed by atoms with Crippen molar-refractivity contribution in [2.45, 2.75) is 20.3 Å². The number of amidine groups is 1. The number of pyridine rings is 1. The van der Waals surface area contributed by atoms with Crippen LogP contribution < -0.4 is 10.6 Å². The third kappa shape index (κ3) is 4.60. The fraction of sp³-hybridized carbons (Fsp3) is 0.500. The molecule has 0 amide bonds. The van der Waals surface area contributed by atoms with Crippen LogP contribution in [0, 0.1) is 17.1 Å². The van der Waals surface area contributed by atoms with Crippen LogP contribution in [0.5, 0.6) is 0 Å². The van der Waals surface area contributed by atoms with E-state index in [-0.39, 0.29) is 11.7 Å². The minimum Gasteiger partial charge on any atom is -0.388 e. The normalized spacial score (nSPS) is 10.7. The molecule has 1 aromatic rings. The van der Waals surface area contributed by atoms with E-state index in [1.165, 1.54) is 6.07 Å². The quantitative estimate of drug-likeness (QED) is 0.626. The van der Waals surface area contributed by atoms with Crippen LogP contribution in [0.3, 0.4) is 0 Å². The lowest BCUT2D eigenvalue weighted by molar-refractivity contribution is 0.574. The molecule has 0 atom stereocenters. The first-order valence-corrected chi connectivity index (χ1v) is 6.58. The maximum absolute atomic E-state index is 13.9. The molecule has 6 heteroatoms. The van der Waals surface area contributed by atoms with Crippen molar-refractivity contribution in [2.75, 3.05) is 18.0 Å². The van der Waals surface area contributed by atoms with Gasteiger partial charge in [0.1, 0.15) is 0 Å². The summed E-state index contributed by atoms with van der Waals surface area (Å²) in [7, 11) is 0. The van der Waals surface area contributed by atoms with E-state index in [4.69, 9.17) is 11.1 Å². The molecule has 3 N–H and O–H groups in total. The summed E-state index contributed by atoms with van der Waals surface area (Å²) in [6.07, 6.45) is 1.98. The molecule has 1 rings (SSSR count). The van der Waals surface area contributed by atoms with E-state index in [0.717, 1.165) is 0 Å². The average Bonchev–Trinajstić information content (AvgIpc) is 2.24. The van der Waals surface area contributed by atoms with E-state index >= 15 is 0 Å². The largest absolute Gasteiger partial charge is 0.388 e. The van der Waals surface area contributed by atoms with Gasteiger partial charge >= 0.3 is 0 Å². The Labute approximate surface area is 115 Å². The van der Waals surface area contributed by atoms with Crippen LogP contribution in [0.15, 0.2) is 16.7 Å². The number of nitrogens with one attached hydrogen (secondary N) is 1. The number of halogens is 2. The number of nitrogens with two attached hydrogens (primary N) is 1. The molecule has 100 valence electrons. The van der Waals surface area contributed by atoms with Gasteiger partial charge in [-0.2, -0.15) is 0 Å². The summed E-state index contributed by atoms with van der Waals surface area (Å²) in [4.78, 5) is 5.93. The number of hydrogen-bond acceptors (Lipinski definition) is 3. The molecule has 0 aromatic carbocycles. The number of hydrogen-bond donors (Lipinski definition) is 2. The van der Waals surface area contributed by atoms with E-state index < -0.39 is 0 Å². The first-order valence-electron chi connectivity index (χ1n) is 5.79. The fourth-order valence-corrected chi connectivity index (χ4v) is 1.92. The Hall–Kier alpha value is -1.17. The molecule has 0 fully saturated rings. The Morgan fingerprint density at radius 1 is 1.61 bits per heavy atom. The standard InChI is InChI=1S/C12H18BrFN4/c1-8(2)7-18(4-3-11(15)16)12-10(14)5-9(13)6-17-12/h5-6,8H,3-4,7H2,1-2H3,(H3,15,16). The Morgan fingerprint density at radius 3 is 2.78 bits per heavy atom. The molecule has 0 radical (unpaired) electrons. The van der Waals surface area contributed by atoms with Gasteiger partial charge in [0.2, 0.25) is 0 Å². The van der Waals surface area contributed by atoms with Crippen molar-refractivity contribution in [1.82, 2.24) is 4.98 Å². The van der Waals surface area contributed by atoms with Crippen LogP contribution in [-0.4, -0.2) is 23.9 Å². The zero-order chi connectivity index (χ0) is 13.7. The topological polar surface area (TPSA) is 66.0 Å². The molecule has 0 aliphatic heterocycles. The van der Waals surface area contributed by atoms with E-state index in [1.54, 1.807) is 6.20 Å². The number of nitrogens with zero attached hydrogens (tertiary/aromatic N) is 2. The first kappa shape index (κ1) is 14.9. The van der Waals surface area contributed by atoms with E-state index in [9.17, 15) is 4.39 Å². The fourth-order valence-electron chi connectivity index (χ4n) is 1.62. The van der Waals surface area contributed by atoms with E-state index in [2.05, 4.69) is 34.8 Å². The van der Waals surface area contributed by atoms with Crippen molar-refractivity contribution in [3.8, 4) is 0 Å². The van der Waals surface area contributed by atoms with Gasteiger partial charge in [0.25, 0.3) is 0 Å². The summed E-state index contributed by atoms with van der Waals surface area (Å²) in [6, 6.07) is 1.39. The predicted octanol–water partition coefficient (Wildman–Crippen LogP) is 2.77. The minimum atomic E-state index is -0.367. The molecule has 0 spiro atoms. The molecule has 4 nitrogen and oxygen atoms in total. The SMILES string of the molecule is CC(C)CN(CCC(=N)N)c1ncc(Br)cc1F. The molecule has 0 unspecified atom stereocenters. The first-order chi connectivity index (χ1) is 8.40. The minimum absolute atomic E-state index is 0.0984. The Bertz CT molecular complexity index is 423. The van der Waals surface area contributed by atoms with Gasteiger partial charge in [0, 0.05) is 30.2 Å². The van der Waals surface area contributed by atoms with Gasteiger partial charge in [-0.15, -0.1) is 0 Å². The molecule has 0 aliphatic rings. The van der Waals surface area contributed by atoms with Gasteiger partial charge in [-0.25, -0.2) is 9.37 Å². The molecule has 0 saturated heterocycles. The van der Waals surface area contributed by atoms with Crippen molar-refractivity contribution in [1.29, 1.82) is 5.41 Å². The van der Waals surface area contributed by atoms with Gasteiger partial charge in [-0.05, 0) is 27.9 Å². The highest BCUT2D eigenvalue weighted by Crippen LogP contribution is 2.21. The summed E-state index contributed by atoms with van der Waals surface area (Å²) >= 11 is 3.18. The monoisotopic (exact) mass is 316 g/mol. The van der Waals surface area contributed by atoms with Crippen molar-refractivity contribution >= 4 is 27.6 Å². The maximum atomic E-state index is 13.9.